The summed E-state index contributed by atoms with van der Waals surface area (Å²) >= 11 is 0. The second-order valence-corrected chi connectivity index (χ2v) is 3.30. The van der Waals surface area contributed by atoms with Crippen molar-refractivity contribution >= 4 is 0 Å². The van der Waals surface area contributed by atoms with Gasteiger partial charge in [-0.25, -0.2) is 0 Å². The fourth-order valence-electron chi connectivity index (χ4n) is 1.81. The molecule has 2 saturated heterocycles. The van der Waals surface area contributed by atoms with Crippen LogP contribution in [0.4, 0.5) is 0 Å². The molecule has 0 spiro atoms. The van der Waals surface area contributed by atoms with Gasteiger partial charge in [0.25, 0.3) is 0 Å². The van der Waals surface area contributed by atoms with Crippen LogP contribution in [0.3, 0.4) is 0 Å². The normalized spacial score (nSPS) is 57.0. The van der Waals surface area contributed by atoms with Crippen molar-refractivity contribution in [3.05, 3.63) is 0 Å². The van der Waals surface area contributed by atoms with Gasteiger partial charge in [-0.3, -0.25) is 0 Å². The number of rotatable bonds is 0. The van der Waals surface area contributed by atoms with Crippen molar-refractivity contribution in [1.82, 2.24) is 5.32 Å². The Morgan fingerprint density at radius 2 is 2.29 bits per heavy atom. The molecule has 0 atom stereocenters. The predicted octanol–water partition coefficient (Wildman–Crippen LogP) is 0.758. The van der Waals surface area contributed by atoms with E-state index in [1.807, 2.05) is 0 Å². The summed E-state index contributed by atoms with van der Waals surface area (Å²) in [6, 6.07) is 0.907. The summed E-state index contributed by atoms with van der Waals surface area (Å²) in [5.41, 5.74) is 0.727. The van der Waals surface area contributed by atoms with E-state index in [0.717, 1.165) is 11.5 Å². The van der Waals surface area contributed by atoms with Crippen LogP contribution in [0.1, 0.15) is 19.8 Å². The summed E-state index contributed by atoms with van der Waals surface area (Å²) in [5, 5.41) is 3.43. The standard InChI is InChI=1S/C6H11N/c1-6-2-5(3-6)7-4-6/h5,7H,2-4H2,1H3. The molecule has 0 amide bonds. The van der Waals surface area contributed by atoms with Crippen LogP contribution in [0, 0.1) is 5.41 Å². The largest absolute Gasteiger partial charge is 0.313 e. The van der Waals surface area contributed by atoms with Crippen molar-refractivity contribution in [2.45, 2.75) is 25.8 Å². The van der Waals surface area contributed by atoms with E-state index in [1.54, 1.807) is 0 Å². The van der Waals surface area contributed by atoms with Crippen molar-refractivity contribution in [1.29, 1.82) is 0 Å². The summed E-state index contributed by atoms with van der Waals surface area (Å²) in [6.45, 7) is 3.64. The Balaban J connectivity index is 2.20. The van der Waals surface area contributed by atoms with Crippen LogP contribution in [0.25, 0.3) is 0 Å². The van der Waals surface area contributed by atoms with Crippen molar-refractivity contribution in [3.8, 4) is 0 Å². The molecule has 7 heavy (non-hydrogen) atoms. The van der Waals surface area contributed by atoms with Gasteiger partial charge in [-0.15, -0.1) is 0 Å². The third-order valence-corrected chi connectivity index (χ3v) is 2.30. The van der Waals surface area contributed by atoms with Gasteiger partial charge in [0.05, 0.1) is 0 Å². The van der Waals surface area contributed by atoms with Gasteiger partial charge in [0.15, 0.2) is 0 Å². The molecule has 1 saturated carbocycles. The minimum absolute atomic E-state index is 0.727. The molecule has 0 aromatic carbocycles. The average molecular weight is 97.2 g/mol. The molecule has 0 aromatic heterocycles. The lowest BCUT2D eigenvalue weighted by Crippen LogP contribution is -2.30. The van der Waals surface area contributed by atoms with E-state index < -0.39 is 0 Å². The molecule has 1 N–H and O–H groups in total. The van der Waals surface area contributed by atoms with E-state index in [0.29, 0.717) is 0 Å². The Kier molecular flexibility index (Phi) is 0.487. The van der Waals surface area contributed by atoms with Gasteiger partial charge in [0.1, 0.15) is 0 Å². The van der Waals surface area contributed by atoms with Gasteiger partial charge in [-0.2, -0.15) is 0 Å². The highest BCUT2D eigenvalue weighted by atomic mass is 15.0. The second kappa shape index (κ2) is 0.873. The third-order valence-electron chi connectivity index (χ3n) is 2.30. The maximum atomic E-state index is 3.43. The molecular weight excluding hydrogens is 86.1 g/mol. The van der Waals surface area contributed by atoms with Gasteiger partial charge < -0.3 is 5.32 Å². The van der Waals surface area contributed by atoms with Crippen molar-refractivity contribution in [3.63, 3.8) is 0 Å². The summed E-state index contributed by atoms with van der Waals surface area (Å²) in [5.74, 6) is 0. The van der Waals surface area contributed by atoms with Gasteiger partial charge >= 0.3 is 0 Å². The van der Waals surface area contributed by atoms with Crippen LogP contribution in [0.5, 0.6) is 0 Å². The fraction of sp³-hybridized carbons (Fsp3) is 1.00. The molecule has 1 nitrogen and oxygen atoms in total. The van der Waals surface area contributed by atoms with E-state index in [-0.39, 0.29) is 0 Å². The van der Waals surface area contributed by atoms with Crippen LogP contribution in [-0.2, 0) is 0 Å². The monoisotopic (exact) mass is 97.1 g/mol. The molecule has 3 rings (SSSR count). The third kappa shape index (κ3) is 0.367. The van der Waals surface area contributed by atoms with Crippen molar-refractivity contribution < 1.29 is 0 Å². The van der Waals surface area contributed by atoms with Crippen molar-refractivity contribution in [2.75, 3.05) is 6.54 Å². The Bertz CT molecular complexity index is 86.8. The summed E-state index contributed by atoms with van der Waals surface area (Å²) in [4.78, 5) is 0. The molecule has 1 heteroatoms. The zero-order chi connectivity index (χ0) is 4.91. The van der Waals surface area contributed by atoms with Crippen LogP contribution in [-0.4, -0.2) is 12.6 Å². The molecule has 2 aliphatic heterocycles. The lowest BCUT2D eigenvalue weighted by molar-refractivity contribution is 0.226. The smallest absolute Gasteiger partial charge is 0.00786 e. The van der Waals surface area contributed by atoms with Crippen LogP contribution in [0.15, 0.2) is 0 Å². The molecule has 3 fully saturated rings. The van der Waals surface area contributed by atoms with Gasteiger partial charge in [0.2, 0.25) is 0 Å². The Morgan fingerprint density at radius 3 is 2.43 bits per heavy atom. The van der Waals surface area contributed by atoms with Gasteiger partial charge in [-0.1, -0.05) is 6.92 Å². The van der Waals surface area contributed by atoms with Gasteiger partial charge in [-0.05, 0) is 18.3 Å². The molecule has 0 unspecified atom stereocenters. The molecule has 40 valence electrons. The summed E-state index contributed by atoms with van der Waals surface area (Å²) in [6.07, 6.45) is 2.88. The zero-order valence-corrected chi connectivity index (χ0v) is 4.70. The second-order valence-electron chi connectivity index (χ2n) is 3.30. The van der Waals surface area contributed by atoms with Crippen LogP contribution in [0.2, 0.25) is 0 Å². The first-order chi connectivity index (χ1) is 3.29. The van der Waals surface area contributed by atoms with E-state index in [2.05, 4.69) is 12.2 Å². The first-order valence-corrected chi connectivity index (χ1v) is 3.02. The Hall–Kier alpha value is -0.0400. The molecule has 0 radical (unpaired) electrons. The Morgan fingerprint density at radius 1 is 1.57 bits per heavy atom. The van der Waals surface area contributed by atoms with E-state index >= 15 is 0 Å². The minimum Gasteiger partial charge on any atom is -0.313 e. The molecular formula is C6H11N. The number of hydrogen-bond acceptors (Lipinski definition) is 1. The molecule has 2 heterocycles. The first kappa shape index (κ1) is 3.90. The van der Waals surface area contributed by atoms with Gasteiger partial charge in [0, 0.05) is 12.6 Å². The van der Waals surface area contributed by atoms with Crippen LogP contribution < -0.4 is 5.32 Å². The molecule has 1 aliphatic carbocycles. The van der Waals surface area contributed by atoms with E-state index in [1.165, 1.54) is 19.4 Å². The highest BCUT2D eigenvalue weighted by Crippen LogP contribution is 2.45. The van der Waals surface area contributed by atoms with E-state index in [4.69, 9.17) is 0 Å². The molecule has 0 aromatic rings. The van der Waals surface area contributed by atoms with E-state index in [9.17, 15) is 0 Å². The molecule has 3 aliphatic rings. The highest BCUT2D eigenvalue weighted by Gasteiger charge is 2.46. The zero-order valence-electron chi connectivity index (χ0n) is 4.70. The van der Waals surface area contributed by atoms with Crippen LogP contribution >= 0.6 is 0 Å². The quantitative estimate of drug-likeness (QED) is 0.470. The fourth-order valence-corrected chi connectivity index (χ4v) is 1.81. The highest BCUT2D eigenvalue weighted by molar-refractivity contribution is 5.03. The topological polar surface area (TPSA) is 12.0 Å². The number of hydrogen-bond donors (Lipinski definition) is 1. The van der Waals surface area contributed by atoms with Crippen molar-refractivity contribution in [2.24, 2.45) is 5.41 Å². The number of fused-ring (bicyclic) bond motifs is 1. The Labute approximate surface area is 44.1 Å². The minimum atomic E-state index is 0.727. The average Bonchev–Trinajstić information content (AvgIpc) is 1.88. The lowest BCUT2D eigenvalue weighted by Gasteiger charge is -2.32. The summed E-state index contributed by atoms with van der Waals surface area (Å²) < 4.78 is 0. The SMILES string of the molecule is CC12CNC(C1)C2. The summed E-state index contributed by atoms with van der Waals surface area (Å²) in [7, 11) is 0. The first-order valence-electron chi connectivity index (χ1n) is 3.02. The maximum absolute atomic E-state index is 3.43. The lowest BCUT2D eigenvalue weighted by atomic mass is 9.72. The molecule has 2 bridgehead atoms. The number of nitrogens with one attached hydrogen (secondary N) is 1. The predicted molar refractivity (Wildman–Crippen MR) is 29.1 cm³/mol. The maximum Gasteiger partial charge on any atom is 0.00786 e.